The number of hydrazone groups is 1. The molecule has 0 spiro atoms. The lowest BCUT2D eigenvalue weighted by Crippen LogP contribution is -2.34. The van der Waals surface area contributed by atoms with Gasteiger partial charge in [-0.05, 0) is 30.3 Å². The topological polar surface area (TPSA) is 83.7 Å². The molecule has 2 N–H and O–H groups in total. The average Bonchev–Trinajstić information content (AvgIpc) is 2.98. The van der Waals surface area contributed by atoms with Gasteiger partial charge in [0.25, 0.3) is 11.8 Å². The third-order valence-electron chi connectivity index (χ3n) is 2.42. The van der Waals surface area contributed by atoms with Gasteiger partial charge in [0.05, 0.1) is 19.0 Å². The van der Waals surface area contributed by atoms with Gasteiger partial charge < -0.3 is 9.73 Å². The molecule has 0 fully saturated rings. The zero-order valence-electron chi connectivity index (χ0n) is 10.9. The highest BCUT2D eigenvalue weighted by Crippen LogP contribution is 2.10. The monoisotopic (exact) mass is 305 g/mol. The van der Waals surface area contributed by atoms with E-state index in [2.05, 4.69) is 15.8 Å². The van der Waals surface area contributed by atoms with Crippen molar-refractivity contribution in [1.29, 1.82) is 0 Å². The lowest BCUT2D eigenvalue weighted by Gasteiger charge is -2.04. The standard InChI is InChI=1S/C14H12ClN3O3/c15-11-4-1-3-10(7-11)14(20)16-9-13(19)18-17-8-12-5-2-6-21-12/h1-8H,9H2,(H,16,20)(H,18,19)/b17-8-. The summed E-state index contributed by atoms with van der Waals surface area (Å²) >= 11 is 5.78. The molecule has 0 radical (unpaired) electrons. The summed E-state index contributed by atoms with van der Waals surface area (Å²) in [6.07, 6.45) is 2.85. The van der Waals surface area contributed by atoms with Crippen molar-refractivity contribution < 1.29 is 14.0 Å². The van der Waals surface area contributed by atoms with Gasteiger partial charge in [-0.15, -0.1) is 0 Å². The molecule has 1 aromatic heterocycles. The van der Waals surface area contributed by atoms with Gasteiger partial charge in [0.2, 0.25) is 0 Å². The molecule has 2 aromatic rings. The van der Waals surface area contributed by atoms with Crippen LogP contribution in [0.25, 0.3) is 0 Å². The van der Waals surface area contributed by atoms with E-state index in [9.17, 15) is 9.59 Å². The number of carbonyl (C=O) groups excluding carboxylic acids is 2. The number of amides is 2. The summed E-state index contributed by atoms with van der Waals surface area (Å²) in [5.74, 6) is -0.325. The van der Waals surface area contributed by atoms with E-state index in [1.54, 1.807) is 30.3 Å². The van der Waals surface area contributed by atoms with Crippen molar-refractivity contribution in [3.63, 3.8) is 0 Å². The molecule has 0 aliphatic heterocycles. The van der Waals surface area contributed by atoms with Gasteiger partial charge >= 0.3 is 0 Å². The number of nitrogens with one attached hydrogen (secondary N) is 2. The fourth-order valence-electron chi connectivity index (χ4n) is 1.46. The van der Waals surface area contributed by atoms with E-state index >= 15 is 0 Å². The van der Waals surface area contributed by atoms with Crippen molar-refractivity contribution in [3.05, 3.63) is 59.0 Å². The quantitative estimate of drug-likeness (QED) is 0.653. The molecule has 2 amide bonds. The van der Waals surface area contributed by atoms with E-state index in [0.29, 0.717) is 16.3 Å². The van der Waals surface area contributed by atoms with Crippen LogP contribution >= 0.6 is 11.6 Å². The first-order valence-corrected chi connectivity index (χ1v) is 6.42. The van der Waals surface area contributed by atoms with Gasteiger partial charge in [-0.3, -0.25) is 9.59 Å². The van der Waals surface area contributed by atoms with Crippen LogP contribution in [0.2, 0.25) is 5.02 Å². The van der Waals surface area contributed by atoms with Crippen molar-refractivity contribution in [2.45, 2.75) is 0 Å². The van der Waals surface area contributed by atoms with Crippen molar-refractivity contribution in [2.24, 2.45) is 5.10 Å². The summed E-state index contributed by atoms with van der Waals surface area (Å²) in [6.45, 7) is -0.194. The molecule has 0 atom stereocenters. The number of furan rings is 1. The van der Waals surface area contributed by atoms with Crippen LogP contribution < -0.4 is 10.7 Å². The van der Waals surface area contributed by atoms with E-state index < -0.39 is 5.91 Å². The second kappa shape index (κ2) is 7.25. The minimum absolute atomic E-state index is 0.194. The molecule has 0 aliphatic carbocycles. The molecule has 2 rings (SSSR count). The molecule has 0 unspecified atom stereocenters. The smallest absolute Gasteiger partial charge is 0.259 e. The zero-order chi connectivity index (χ0) is 15.1. The molecule has 0 bridgehead atoms. The Balaban J connectivity index is 1.77. The second-order valence-corrected chi connectivity index (χ2v) is 4.44. The van der Waals surface area contributed by atoms with Crippen LogP contribution in [0.3, 0.4) is 0 Å². The van der Waals surface area contributed by atoms with Gasteiger partial charge in [-0.2, -0.15) is 5.10 Å². The van der Waals surface area contributed by atoms with Crippen LogP contribution in [0.5, 0.6) is 0 Å². The number of benzene rings is 1. The Morgan fingerprint density at radius 3 is 2.86 bits per heavy atom. The minimum atomic E-state index is -0.451. The maximum Gasteiger partial charge on any atom is 0.259 e. The molecule has 1 heterocycles. The van der Waals surface area contributed by atoms with Crippen LogP contribution in [0.1, 0.15) is 16.1 Å². The predicted octanol–water partition coefficient (Wildman–Crippen LogP) is 1.81. The third-order valence-corrected chi connectivity index (χ3v) is 2.66. The first-order valence-electron chi connectivity index (χ1n) is 6.04. The van der Waals surface area contributed by atoms with Crippen molar-refractivity contribution in [3.8, 4) is 0 Å². The minimum Gasteiger partial charge on any atom is -0.463 e. The molecule has 0 saturated carbocycles. The van der Waals surface area contributed by atoms with Crippen molar-refractivity contribution >= 4 is 29.6 Å². The van der Waals surface area contributed by atoms with E-state index in [-0.39, 0.29) is 12.5 Å². The lowest BCUT2D eigenvalue weighted by atomic mass is 10.2. The highest BCUT2D eigenvalue weighted by molar-refractivity contribution is 6.30. The van der Waals surface area contributed by atoms with E-state index in [1.807, 2.05) is 0 Å². The molecule has 7 heteroatoms. The van der Waals surface area contributed by atoms with Crippen LogP contribution in [0, 0.1) is 0 Å². The number of halogens is 1. The number of rotatable bonds is 5. The van der Waals surface area contributed by atoms with Gasteiger partial charge in [0.1, 0.15) is 5.76 Å². The Bertz CT molecular complexity index is 653. The molecular weight excluding hydrogens is 294 g/mol. The Morgan fingerprint density at radius 2 is 2.14 bits per heavy atom. The molecule has 0 aliphatic rings. The Hall–Kier alpha value is -2.60. The van der Waals surface area contributed by atoms with Gasteiger partial charge in [-0.25, -0.2) is 5.43 Å². The normalized spacial score (nSPS) is 10.5. The number of carbonyl (C=O) groups is 2. The zero-order valence-corrected chi connectivity index (χ0v) is 11.6. The van der Waals surface area contributed by atoms with Crippen LogP contribution in [0.4, 0.5) is 0 Å². The summed E-state index contributed by atoms with van der Waals surface area (Å²) in [6, 6.07) is 9.84. The van der Waals surface area contributed by atoms with Crippen LogP contribution in [-0.2, 0) is 4.79 Å². The van der Waals surface area contributed by atoms with Gasteiger partial charge in [0, 0.05) is 10.6 Å². The molecule has 0 saturated heterocycles. The fourth-order valence-corrected chi connectivity index (χ4v) is 1.65. The highest BCUT2D eigenvalue weighted by atomic mass is 35.5. The van der Waals surface area contributed by atoms with Crippen molar-refractivity contribution in [2.75, 3.05) is 6.54 Å². The highest BCUT2D eigenvalue weighted by Gasteiger charge is 2.07. The van der Waals surface area contributed by atoms with Crippen LogP contribution in [-0.4, -0.2) is 24.6 Å². The predicted molar refractivity (Wildman–Crippen MR) is 78.2 cm³/mol. The first kappa shape index (κ1) is 14.8. The second-order valence-electron chi connectivity index (χ2n) is 4.00. The lowest BCUT2D eigenvalue weighted by molar-refractivity contribution is -0.120. The van der Waals surface area contributed by atoms with E-state index in [1.165, 1.54) is 18.5 Å². The van der Waals surface area contributed by atoms with Gasteiger partial charge in [-0.1, -0.05) is 17.7 Å². The molecule has 1 aromatic carbocycles. The Morgan fingerprint density at radius 1 is 1.29 bits per heavy atom. The number of hydrogen-bond acceptors (Lipinski definition) is 4. The summed E-state index contributed by atoms with van der Waals surface area (Å²) in [4.78, 5) is 23.2. The molecule has 108 valence electrons. The molecule has 21 heavy (non-hydrogen) atoms. The summed E-state index contributed by atoms with van der Waals surface area (Å²) in [7, 11) is 0. The summed E-state index contributed by atoms with van der Waals surface area (Å²) in [5.41, 5.74) is 2.65. The number of nitrogens with zero attached hydrogens (tertiary/aromatic N) is 1. The van der Waals surface area contributed by atoms with Crippen molar-refractivity contribution in [1.82, 2.24) is 10.7 Å². The first-order chi connectivity index (χ1) is 10.1. The maximum absolute atomic E-state index is 11.8. The fraction of sp³-hybridized carbons (Fsp3) is 0.0714. The number of hydrogen-bond donors (Lipinski definition) is 2. The Kier molecular flexibility index (Phi) is 5.11. The SMILES string of the molecule is O=C(CNC(=O)c1cccc(Cl)c1)N/N=C\c1ccco1. The van der Waals surface area contributed by atoms with Gasteiger partial charge in [0.15, 0.2) is 0 Å². The summed E-state index contributed by atoms with van der Waals surface area (Å²) in [5, 5.41) is 6.60. The third kappa shape index (κ3) is 4.77. The molecule has 6 nitrogen and oxygen atoms in total. The van der Waals surface area contributed by atoms with Crippen LogP contribution in [0.15, 0.2) is 52.2 Å². The summed E-state index contributed by atoms with van der Waals surface area (Å²) < 4.78 is 5.00. The van der Waals surface area contributed by atoms with E-state index in [0.717, 1.165) is 0 Å². The van der Waals surface area contributed by atoms with E-state index in [4.69, 9.17) is 16.0 Å². The largest absolute Gasteiger partial charge is 0.463 e. The Labute approximate surface area is 125 Å². The maximum atomic E-state index is 11.8. The molecular formula is C14H12ClN3O3. The average molecular weight is 306 g/mol.